The highest BCUT2D eigenvalue weighted by Gasteiger charge is 2.13. The lowest BCUT2D eigenvalue weighted by molar-refractivity contribution is -0.144. The number of carbonyl (C=O) groups excluding carboxylic acids is 3. The van der Waals surface area contributed by atoms with E-state index in [0.29, 0.717) is 17.7 Å². The minimum Gasteiger partial charge on any atom is -0.480 e. The zero-order chi connectivity index (χ0) is 20.7. The first-order chi connectivity index (χ1) is 13.3. The van der Waals surface area contributed by atoms with Gasteiger partial charge in [0.25, 0.3) is 0 Å². The van der Waals surface area contributed by atoms with E-state index >= 15 is 0 Å². The monoisotopic (exact) mass is 443 g/mol. The third-order valence-electron chi connectivity index (χ3n) is 3.50. The summed E-state index contributed by atoms with van der Waals surface area (Å²) in [6.45, 7) is 0.839. The van der Waals surface area contributed by atoms with Crippen molar-refractivity contribution < 1.29 is 23.9 Å². The van der Waals surface area contributed by atoms with E-state index in [1.54, 1.807) is 19.1 Å². The number of ketones is 1. The van der Waals surface area contributed by atoms with E-state index < -0.39 is 25.0 Å². The maximum Gasteiger partial charge on any atom is 0.344 e. The molecule has 0 bridgehead atoms. The lowest BCUT2D eigenvalue weighted by Gasteiger charge is -2.09. The molecule has 9 heteroatoms. The molecule has 2 aromatic carbocycles. The predicted molar refractivity (Wildman–Crippen MR) is 108 cm³/mol. The van der Waals surface area contributed by atoms with Crippen LogP contribution in [0.2, 0.25) is 15.1 Å². The molecular weight excluding hydrogens is 429 g/mol. The van der Waals surface area contributed by atoms with E-state index in [1.807, 2.05) is 0 Å². The fourth-order valence-corrected chi connectivity index (χ4v) is 2.60. The average Bonchev–Trinajstić information content (AvgIpc) is 2.68. The first-order valence-corrected chi connectivity index (χ1v) is 9.29. The molecule has 2 rings (SSSR count). The Bertz CT molecular complexity index is 884. The Hall–Kier alpha value is -2.28. The predicted octanol–water partition coefficient (Wildman–Crippen LogP) is 4.80. The fourth-order valence-electron chi connectivity index (χ4n) is 2.01. The third kappa shape index (κ3) is 6.41. The number of nitrogens with one attached hydrogen (secondary N) is 1. The first-order valence-electron chi connectivity index (χ1n) is 8.16. The van der Waals surface area contributed by atoms with Gasteiger partial charge in [-0.1, -0.05) is 41.7 Å². The van der Waals surface area contributed by atoms with E-state index in [2.05, 4.69) is 5.32 Å². The maximum absolute atomic E-state index is 12.1. The van der Waals surface area contributed by atoms with Gasteiger partial charge in [-0.05, 0) is 30.3 Å². The third-order valence-corrected chi connectivity index (χ3v) is 4.51. The van der Waals surface area contributed by atoms with Crippen LogP contribution >= 0.6 is 34.8 Å². The summed E-state index contributed by atoms with van der Waals surface area (Å²) in [5.74, 6) is -1.10. The highest BCUT2D eigenvalue weighted by molar-refractivity contribution is 6.43. The molecule has 0 aliphatic carbocycles. The number of rotatable bonds is 8. The number of Topliss-reactive ketones (excluding diaryl/α,β-unsaturated/α-hetero) is 1. The summed E-state index contributed by atoms with van der Waals surface area (Å²) in [6, 6.07) is 9.03. The van der Waals surface area contributed by atoms with Gasteiger partial charge < -0.3 is 14.8 Å². The molecule has 0 unspecified atom stereocenters. The number of hydrogen-bond acceptors (Lipinski definition) is 5. The van der Waals surface area contributed by atoms with Crippen molar-refractivity contribution in [2.45, 2.75) is 13.3 Å². The van der Waals surface area contributed by atoms with Crippen molar-refractivity contribution in [2.24, 2.45) is 0 Å². The van der Waals surface area contributed by atoms with E-state index in [1.165, 1.54) is 24.3 Å². The normalized spacial score (nSPS) is 10.3. The van der Waals surface area contributed by atoms with E-state index in [9.17, 15) is 14.4 Å². The Morgan fingerprint density at radius 3 is 2.21 bits per heavy atom. The second kappa shape index (κ2) is 10.3. The van der Waals surface area contributed by atoms with Gasteiger partial charge >= 0.3 is 5.97 Å². The van der Waals surface area contributed by atoms with Crippen LogP contribution in [0, 0.1) is 0 Å². The molecule has 0 aliphatic rings. The lowest BCUT2D eigenvalue weighted by Crippen LogP contribution is -2.19. The summed E-state index contributed by atoms with van der Waals surface area (Å²) in [6.07, 6.45) is 0.353. The van der Waals surface area contributed by atoms with Gasteiger partial charge in [-0.15, -0.1) is 0 Å². The molecule has 2 aromatic rings. The van der Waals surface area contributed by atoms with E-state index in [4.69, 9.17) is 44.3 Å². The van der Waals surface area contributed by atoms with Gasteiger partial charge in [-0.25, -0.2) is 4.79 Å². The van der Waals surface area contributed by atoms with Gasteiger partial charge in [-0.2, -0.15) is 0 Å². The molecule has 28 heavy (non-hydrogen) atoms. The lowest BCUT2D eigenvalue weighted by atomic mass is 10.1. The Labute approximate surface area is 176 Å². The molecule has 0 heterocycles. The molecule has 0 aliphatic heterocycles. The van der Waals surface area contributed by atoms with Crippen molar-refractivity contribution in [3.05, 3.63) is 57.0 Å². The van der Waals surface area contributed by atoms with Gasteiger partial charge in [-0.3, -0.25) is 9.59 Å². The SMILES string of the molecule is CCC(=O)Nc1ccc(C(=O)COC(=O)COc2cc(Cl)c(Cl)cc2Cl)cc1. The quantitative estimate of drug-likeness (QED) is 0.359. The Kier molecular flexibility index (Phi) is 8.11. The number of anilines is 1. The average molecular weight is 445 g/mol. The Balaban J connectivity index is 1.83. The molecule has 1 N–H and O–H groups in total. The van der Waals surface area contributed by atoms with Crippen LogP contribution in [0.25, 0.3) is 0 Å². The molecule has 148 valence electrons. The smallest absolute Gasteiger partial charge is 0.344 e. The van der Waals surface area contributed by atoms with Crippen molar-refractivity contribution >= 4 is 58.1 Å². The van der Waals surface area contributed by atoms with Crippen LogP contribution in [0.1, 0.15) is 23.7 Å². The number of hydrogen-bond donors (Lipinski definition) is 1. The number of carbonyl (C=O) groups is 3. The van der Waals surface area contributed by atoms with Crippen LogP contribution in [0.15, 0.2) is 36.4 Å². The summed E-state index contributed by atoms with van der Waals surface area (Å²) >= 11 is 17.6. The molecule has 0 saturated carbocycles. The second-order valence-electron chi connectivity index (χ2n) is 5.55. The molecule has 0 fully saturated rings. The Morgan fingerprint density at radius 2 is 1.57 bits per heavy atom. The van der Waals surface area contributed by atoms with Crippen LogP contribution in [0.3, 0.4) is 0 Å². The standard InChI is InChI=1S/C19H16Cl3NO5/c1-2-18(25)23-12-5-3-11(4-6-12)16(24)9-28-19(26)10-27-17-8-14(21)13(20)7-15(17)22/h3-8H,2,9-10H2,1H3,(H,23,25). The highest BCUT2D eigenvalue weighted by Crippen LogP contribution is 2.33. The van der Waals surface area contributed by atoms with Crippen LogP contribution in [-0.4, -0.2) is 30.9 Å². The minimum atomic E-state index is -0.748. The number of ether oxygens (including phenoxy) is 2. The van der Waals surface area contributed by atoms with Gasteiger partial charge in [0.05, 0.1) is 15.1 Å². The zero-order valence-corrected chi connectivity index (χ0v) is 17.0. The second-order valence-corrected chi connectivity index (χ2v) is 6.77. The van der Waals surface area contributed by atoms with Crippen molar-refractivity contribution in [1.82, 2.24) is 0 Å². The molecular formula is C19H16Cl3NO5. The molecule has 0 radical (unpaired) electrons. The van der Waals surface area contributed by atoms with E-state index in [0.717, 1.165) is 0 Å². The van der Waals surface area contributed by atoms with Crippen molar-refractivity contribution in [3.63, 3.8) is 0 Å². The molecule has 6 nitrogen and oxygen atoms in total. The van der Waals surface area contributed by atoms with Crippen molar-refractivity contribution in [1.29, 1.82) is 0 Å². The molecule has 0 spiro atoms. The summed E-state index contributed by atoms with van der Waals surface area (Å²) < 4.78 is 10.1. The van der Waals surface area contributed by atoms with Crippen molar-refractivity contribution in [3.8, 4) is 5.75 Å². The van der Waals surface area contributed by atoms with Crippen LogP contribution in [-0.2, 0) is 14.3 Å². The van der Waals surface area contributed by atoms with Gasteiger partial charge in [0, 0.05) is 23.7 Å². The van der Waals surface area contributed by atoms with Gasteiger partial charge in [0.2, 0.25) is 5.91 Å². The molecule has 0 atom stereocenters. The Morgan fingerprint density at radius 1 is 0.929 bits per heavy atom. The van der Waals surface area contributed by atoms with Gasteiger partial charge in [0.1, 0.15) is 5.75 Å². The van der Waals surface area contributed by atoms with Crippen molar-refractivity contribution in [2.75, 3.05) is 18.5 Å². The summed E-state index contributed by atoms with van der Waals surface area (Å²) in [4.78, 5) is 35.2. The zero-order valence-electron chi connectivity index (χ0n) is 14.8. The first kappa shape index (κ1) is 22.0. The largest absolute Gasteiger partial charge is 0.480 e. The number of benzene rings is 2. The number of esters is 1. The van der Waals surface area contributed by atoms with E-state index in [-0.39, 0.29) is 26.7 Å². The number of halogens is 3. The minimum absolute atomic E-state index is 0.130. The van der Waals surface area contributed by atoms with Gasteiger partial charge in [0.15, 0.2) is 19.0 Å². The summed E-state index contributed by atoms with van der Waals surface area (Å²) in [5, 5.41) is 3.34. The topological polar surface area (TPSA) is 81.7 Å². The molecule has 1 amide bonds. The van der Waals surface area contributed by atoms with Crippen LogP contribution in [0.4, 0.5) is 5.69 Å². The van der Waals surface area contributed by atoms with Crippen LogP contribution in [0.5, 0.6) is 5.75 Å². The fraction of sp³-hybridized carbons (Fsp3) is 0.211. The number of amides is 1. The van der Waals surface area contributed by atoms with Crippen LogP contribution < -0.4 is 10.1 Å². The summed E-state index contributed by atoms with van der Waals surface area (Å²) in [5.41, 5.74) is 0.919. The molecule has 0 saturated heterocycles. The highest BCUT2D eigenvalue weighted by atomic mass is 35.5. The molecule has 0 aromatic heterocycles. The maximum atomic E-state index is 12.1. The summed E-state index contributed by atoms with van der Waals surface area (Å²) in [7, 11) is 0.